The Bertz CT molecular complexity index is 775. The third-order valence-corrected chi connectivity index (χ3v) is 3.30. The van der Waals surface area contributed by atoms with Crippen LogP contribution >= 0.6 is 0 Å². The Morgan fingerprint density at radius 3 is 2.80 bits per heavy atom. The molecule has 3 aromatic rings. The Balaban J connectivity index is 1.97. The van der Waals surface area contributed by atoms with E-state index in [1.807, 2.05) is 48.5 Å². The number of carbonyl (C=O) groups excluding carboxylic acids is 1. The van der Waals surface area contributed by atoms with Gasteiger partial charge in [-0.1, -0.05) is 30.3 Å². The summed E-state index contributed by atoms with van der Waals surface area (Å²) < 4.78 is 0. The number of aromatic nitrogens is 1. The second-order valence-electron chi connectivity index (χ2n) is 4.75. The Morgan fingerprint density at radius 2 is 1.95 bits per heavy atom. The van der Waals surface area contributed by atoms with E-state index in [2.05, 4.69) is 4.98 Å². The lowest BCUT2D eigenvalue weighted by Crippen LogP contribution is -2.04. The molecular weight excluding hydrogens is 248 g/mol. The van der Waals surface area contributed by atoms with Crippen LogP contribution in [0.1, 0.15) is 15.9 Å². The van der Waals surface area contributed by atoms with Gasteiger partial charge in [0.25, 0.3) is 0 Å². The average Bonchev–Trinajstić information content (AvgIpc) is 2.46. The van der Waals surface area contributed by atoms with Gasteiger partial charge in [0.2, 0.25) is 0 Å². The Labute approximate surface area is 117 Å². The average molecular weight is 262 g/mol. The lowest BCUT2D eigenvalue weighted by atomic mass is 9.98. The predicted molar refractivity (Wildman–Crippen MR) is 80.6 cm³/mol. The fourth-order valence-corrected chi connectivity index (χ4v) is 2.35. The molecular formula is C17H14N2O. The van der Waals surface area contributed by atoms with Crippen molar-refractivity contribution in [3.63, 3.8) is 0 Å². The predicted octanol–water partition coefficient (Wildman–Crippen LogP) is 3.24. The molecule has 0 atom stereocenters. The van der Waals surface area contributed by atoms with Crippen LogP contribution in [-0.4, -0.2) is 10.8 Å². The van der Waals surface area contributed by atoms with Crippen LogP contribution in [0, 0.1) is 0 Å². The summed E-state index contributed by atoms with van der Waals surface area (Å²) in [7, 11) is 0. The molecule has 3 nitrogen and oxygen atoms in total. The molecule has 0 radical (unpaired) electrons. The molecule has 0 fully saturated rings. The van der Waals surface area contributed by atoms with Crippen molar-refractivity contribution in [1.29, 1.82) is 0 Å². The van der Waals surface area contributed by atoms with Crippen molar-refractivity contribution in [2.45, 2.75) is 6.42 Å². The third kappa shape index (κ3) is 2.38. The number of carbonyl (C=O) groups is 1. The van der Waals surface area contributed by atoms with Crippen LogP contribution in [0.4, 0.5) is 5.69 Å². The number of anilines is 1. The van der Waals surface area contributed by atoms with Gasteiger partial charge in [-0.05, 0) is 29.1 Å². The van der Waals surface area contributed by atoms with Gasteiger partial charge in [0.05, 0.1) is 0 Å². The molecule has 0 aliphatic rings. The molecule has 3 rings (SSSR count). The summed E-state index contributed by atoms with van der Waals surface area (Å²) in [6.07, 6.45) is 3.83. The molecule has 0 saturated carbocycles. The van der Waals surface area contributed by atoms with Crippen molar-refractivity contribution in [3.8, 4) is 0 Å². The number of nitrogens with two attached hydrogens (primary N) is 1. The van der Waals surface area contributed by atoms with Gasteiger partial charge >= 0.3 is 0 Å². The number of benzene rings is 2. The quantitative estimate of drug-likeness (QED) is 0.582. The van der Waals surface area contributed by atoms with Gasteiger partial charge < -0.3 is 5.73 Å². The maximum Gasteiger partial charge on any atom is 0.167 e. The van der Waals surface area contributed by atoms with Crippen LogP contribution < -0.4 is 5.73 Å². The summed E-state index contributed by atoms with van der Waals surface area (Å²) in [4.78, 5) is 16.6. The number of ketones is 1. The van der Waals surface area contributed by atoms with Crippen molar-refractivity contribution >= 4 is 22.2 Å². The first kappa shape index (κ1) is 12.4. The smallest absolute Gasteiger partial charge is 0.167 e. The molecule has 0 aliphatic heterocycles. The number of nitrogen functional groups attached to an aromatic ring is 1. The minimum absolute atomic E-state index is 0.0902. The van der Waals surface area contributed by atoms with E-state index in [1.165, 1.54) is 0 Å². The van der Waals surface area contributed by atoms with E-state index in [0.29, 0.717) is 12.1 Å². The standard InChI is InChI=1S/C17H14N2O/c18-14-5-1-3-12(9-14)10-17(20)16-6-2-4-13-11-19-8-7-15(13)16/h1-9,11H,10,18H2. The SMILES string of the molecule is Nc1cccc(CC(=O)c2cccc3cnccc23)c1. The number of rotatable bonds is 3. The molecule has 20 heavy (non-hydrogen) atoms. The van der Waals surface area contributed by atoms with Gasteiger partial charge in [0, 0.05) is 35.5 Å². The highest BCUT2D eigenvalue weighted by molar-refractivity contribution is 6.08. The molecule has 2 aromatic carbocycles. The number of nitrogens with zero attached hydrogens (tertiary/aromatic N) is 1. The summed E-state index contributed by atoms with van der Waals surface area (Å²) in [5.41, 5.74) is 8.08. The van der Waals surface area contributed by atoms with Crippen LogP contribution in [0.3, 0.4) is 0 Å². The van der Waals surface area contributed by atoms with E-state index < -0.39 is 0 Å². The van der Waals surface area contributed by atoms with Crippen LogP contribution in [0.15, 0.2) is 60.9 Å². The molecule has 0 aliphatic carbocycles. The summed E-state index contributed by atoms with van der Waals surface area (Å²) in [6.45, 7) is 0. The zero-order valence-electron chi connectivity index (χ0n) is 10.9. The first-order valence-corrected chi connectivity index (χ1v) is 6.44. The fraction of sp³-hybridized carbons (Fsp3) is 0.0588. The fourth-order valence-electron chi connectivity index (χ4n) is 2.35. The lowest BCUT2D eigenvalue weighted by molar-refractivity contribution is 0.0994. The summed E-state index contributed by atoms with van der Waals surface area (Å²) in [6, 6.07) is 15.0. The lowest BCUT2D eigenvalue weighted by Gasteiger charge is -2.06. The minimum atomic E-state index is 0.0902. The molecule has 0 spiro atoms. The number of Topliss-reactive ketones (excluding diaryl/α,β-unsaturated/α-hetero) is 1. The van der Waals surface area contributed by atoms with E-state index in [-0.39, 0.29) is 5.78 Å². The number of hydrogen-bond acceptors (Lipinski definition) is 3. The molecule has 2 N–H and O–H groups in total. The second-order valence-corrected chi connectivity index (χ2v) is 4.75. The van der Waals surface area contributed by atoms with Gasteiger partial charge in [-0.25, -0.2) is 0 Å². The topological polar surface area (TPSA) is 56.0 Å². The minimum Gasteiger partial charge on any atom is -0.399 e. The number of hydrogen-bond donors (Lipinski definition) is 1. The summed E-state index contributed by atoms with van der Waals surface area (Å²) in [5, 5.41) is 1.92. The van der Waals surface area contributed by atoms with Crippen molar-refractivity contribution in [2.75, 3.05) is 5.73 Å². The largest absolute Gasteiger partial charge is 0.399 e. The monoisotopic (exact) mass is 262 g/mol. The molecule has 0 bridgehead atoms. The highest BCUT2D eigenvalue weighted by Gasteiger charge is 2.10. The van der Waals surface area contributed by atoms with E-state index in [1.54, 1.807) is 12.4 Å². The van der Waals surface area contributed by atoms with Gasteiger partial charge in [-0.2, -0.15) is 0 Å². The first-order valence-electron chi connectivity index (χ1n) is 6.44. The zero-order valence-corrected chi connectivity index (χ0v) is 10.9. The van der Waals surface area contributed by atoms with E-state index in [9.17, 15) is 4.79 Å². The van der Waals surface area contributed by atoms with Crippen molar-refractivity contribution in [1.82, 2.24) is 4.98 Å². The second kappa shape index (κ2) is 5.13. The molecule has 98 valence electrons. The van der Waals surface area contributed by atoms with Crippen molar-refractivity contribution < 1.29 is 4.79 Å². The normalized spacial score (nSPS) is 10.6. The van der Waals surface area contributed by atoms with Gasteiger partial charge in [0.1, 0.15) is 0 Å². The van der Waals surface area contributed by atoms with Crippen LogP contribution in [0.2, 0.25) is 0 Å². The Morgan fingerprint density at radius 1 is 1.10 bits per heavy atom. The van der Waals surface area contributed by atoms with Crippen LogP contribution in [0.5, 0.6) is 0 Å². The number of pyridine rings is 1. The molecule has 3 heteroatoms. The summed E-state index contributed by atoms with van der Waals surface area (Å²) in [5.74, 6) is 0.0902. The van der Waals surface area contributed by atoms with Crippen LogP contribution in [0.25, 0.3) is 10.8 Å². The molecule has 0 amide bonds. The molecule has 0 unspecified atom stereocenters. The van der Waals surface area contributed by atoms with E-state index in [0.717, 1.165) is 21.9 Å². The maximum atomic E-state index is 12.5. The van der Waals surface area contributed by atoms with Crippen molar-refractivity contribution in [3.05, 3.63) is 72.1 Å². The van der Waals surface area contributed by atoms with Crippen molar-refractivity contribution in [2.24, 2.45) is 0 Å². The van der Waals surface area contributed by atoms with Gasteiger partial charge in [-0.15, -0.1) is 0 Å². The van der Waals surface area contributed by atoms with Gasteiger partial charge in [-0.3, -0.25) is 9.78 Å². The molecule has 1 aromatic heterocycles. The molecule has 0 saturated heterocycles. The highest BCUT2D eigenvalue weighted by atomic mass is 16.1. The highest BCUT2D eigenvalue weighted by Crippen LogP contribution is 2.19. The van der Waals surface area contributed by atoms with Crippen LogP contribution in [-0.2, 0) is 6.42 Å². The van der Waals surface area contributed by atoms with E-state index >= 15 is 0 Å². The third-order valence-electron chi connectivity index (χ3n) is 3.30. The van der Waals surface area contributed by atoms with E-state index in [4.69, 9.17) is 5.73 Å². The Kier molecular flexibility index (Phi) is 3.17. The summed E-state index contributed by atoms with van der Waals surface area (Å²) >= 11 is 0. The first-order chi connectivity index (χ1) is 9.74. The number of fused-ring (bicyclic) bond motifs is 1. The Hall–Kier alpha value is -2.68. The molecule has 1 heterocycles. The zero-order chi connectivity index (χ0) is 13.9. The van der Waals surface area contributed by atoms with Gasteiger partial charge in [0.15, 0.2) is 5.78 Å². The maximum absolute atomic E-state index is 12.5.